The van der Waals surface area contributed by atoms with E-state index in [4.69, 9.17) is 5.73 Å². The molecule has 20 heavy (non-hydrogen) atoms. The van der Waals surface area contributed by atoms with Crippen molar-refractivity contribution in [2.75, 3.05) is 7.05 Å². The van der Waals surface area contributed by atoms with E-state index < -0.39 is 0 Å². The maximum Gasteiger partial charge on any atom is 0.0501 e. The molecule has 3 N–H and O–H groups in total. The van der Waals surface area contributed by atoms with Crippen LogP contribution in [0.4, 0.5) is 0 Å². The number of hydrogen-bond acceptors (Lipinski definition) is 3. The fourth-order valence-electron chi connectivity index (χ4n) is 2.65. The van der Waals surface area contributed by atoms with Gasteiger partial charge in [0.2, 0.25) is 0 Å². The summed E-state index contributed by atoms with van der Waals surface area (Å²) >= 11 is 0. The Bertz CT molecular complexity index is 564. The summed E-state index contributed by atoms with van der Waals surface area (Å²) in [6, 6.07) is 7.22. The maximum absolute atomic E-state index is 5.82. The third kappa shape index (κ3) is 2.50. The topological polar surface area (TPSA) is 50.4 Å². The van der Waals surface area contributed by atoms with E-state index in [1.54, 1.807) is 6.20 Å². The van der Waals surface area contributed by atoms with Gasteiger partial charge in [0.1, 0.15) is 0 Å². The molecule has 0 aliphatic heterocycles. The molecule has 0 unspecified atom stereocenters. The fourth-order valence-corrected chi connectivity index (χ4v) is 2.65. The number of nitrogens with one attached hydrogen (secondary N) is 1. The van der Waals surface area contributed by atoms with Gasteiger partial charge < -0.3 is 11.1 Å². The molecule has 0 amide bonds. The zero-order valence-electron chi connectivity index (χ0n) is 12.3. The van der Waals surface area contributed by atoms with Crippen LogP contribution in [0.2, 0.25) is 0 Å². The average Bonchev–Trinajstić information content (AvgIpc) is 3.36. The lowest BCUT2D eigenvalue weighted by Crippen LogP contribution is -2.24. The zero-order chi connectivity index (χ0) is 14.2. The van der Waals surface area contributed by atoms with Crippen LogP contribution in [0.15, 0.2) is 29.4 Å². The van der Waals surface area contributed by atoms with Gasteiger partial charge in [0.15, 0.2) is 0 Å². The van der Waals surface area contributed by atoms with Crippen LogP contribution >= 0.6 is 0 Å². The minimum atomic E-state index is 0.190. The van der Waals surface area contributed by atoms with Crippen LogP contribution in [-0.2, 0) is 5.54 Å². The summed E-state index contributed by atoms with van der Waals surface area (Å²) in [6.07, 6.45) is 8.49. The Labute approximate surface area is 121 Å². The van der Waals surface area contributed by atoms with Gasteiger partial charge in [-0.15, -0.1) is 0 Å². The highest BCUT2D eigenvalue weighted by atomic mass is 15.0. The van der Waals surface area contributed by atoms with E-state index in [9.17, 15) is 0 Å². The molecular formula is C17H23N3. The van der Waals surface area contributed by atoms with Gasteiger partial charge in [-0.05, 0) is 62.4 Å². The monoisotopic (exact) mass is 269 g/mol. The van der Waals surface area contributed by atoms with Gasteiger partial charge in [-0.3, -0.25) is 4.99 Å². The van der Waals surface area contributed by atoms with Crippen molar-refractivity contribution in [1.82, 2.24) is 5.32 Å². The first kappa shape index (κ1) is 13.4. The van der Waals surface area contributed by atoms with Gasteiger partial charge in [-0.1, -0.05) is 12.1 Å². The van der Waals surface area contributed by atoms with Crippen molar-refractivity contribution in [2.24, 2.45) is 10.7 Å². The van der Waals surface area contributed by atoms with Gasteiger partial charge in [-0.25, -0.2) is 0 Å². The Kier molecular flexibility index (Phi) is 3.38. The predicted molar refractivity (Wildman–Crippen MR) is 84.8 cm³/mol. The van der Waals surface area contributed by atoms with Crippen molar-refractivity contribution in [1.29, 1.82) is 0 Å². The van der Waals surface area contributed by atoms with Crippen molar-refractivity contribution in [2.45, 2.75) is 44.2 Å². The molecule has 0 radical (unpaired) electrons. The molecule has 2 fully saturated rings. The zero-order valence-corrected chi connectivity index (χ0v) is 12.3. The molecule has 2 saturated carbocycles. The highest BCUT2D eigenvalue weighted by molar-refractivity contribution is 6.10. The molecular weight excluding hydrogens is 246 g/mol. The fraction of sp³-hybridized carbons (Fsp3) is 0.471. The molecule has 2 aliphatic rings. The number of nitrogens with two attached hydrogens (primary N) is 1. The molecule has 0 bridgehead atoms. The molecule has 3 nitrogen and oxygen atoms in total. The smallest absolute Gasteiger partial charge is 0.0501 e. The van der Waals surface area contributed by atoms with Crippen LogP contribution < -0.4 is 11.1 Å². The van der Waals surface area contributed by atoms with Crippen LogP contribution in [0.5, 0.6) is 0 Å². The molecule has 0 saturated heterocycles. The summed E-state index contributed by atoms with van der Waals surface area (Å²) in [4.78, 5) is 4.56. The van der Waals surface area contributed by atoms with Crippen LogP contribution in [0.3, 0.4) is 0 Å². The van der Waals surface area contributed by atoms with E-state index >= 15 is 0 Å². The molecule has 3 rings (SSSR count). The van der Waals surface area contributed by atoms with Crippen molar-refractivity contribution in [3.63, 3.8) is 0 Å². The van der Waals surface area contributed by atoms with E-state index in [0.717, 1.165) is 5.57 Å². The molecule has 0 spiro atoms. The predicted octanol–water partition coefficient (Wildman–Crippen LogP) is 2.74. The third-order valence-electron chi connectivity index (χ3n) is 4.48. The van der Waals surface area contributed by atoms with Crippen molar-refractivity contribution >= 4 is 11.8 Å². The summed E-state index contributed by atoms with van der Waals surface area (Å²) < 4.78 is 0. The lowest BCUT2D eigenvalue weighted by atomic mass is 9.95. The lowest BCUT2D eigenvalue weighted by Gasteiger charge is -2.17. The third-order valence-corrected chi connectivity index (χ3v) is 4.48. The SMILES string of the molecule is CNC1(c2ccc(C)c(/C(C=NC3CC3)=C/N)c2)CC1. The van der Waals surface area contributed by atoms with Gasteiger partial charge in [-0.2, -0.15) is 0 Å². The number of hydrogen-bond donors (Lipinski definition) is 2. The Morgan fingerprint density at radius 1 is 1.40 bits per heavy atom. The van der Waals surface area contributed by atoms with Crippen molar-refractivity contribution < 1.29 is 0 Å². The second-order valence-corrected chi connectivity index (χ2v) is 5.99. The van der Waals surface area contributed by atoms with Crippen LogP contribution in [-0.4, -0.2) is 19.3 Å². The van der Waals surface area contributed by atoms with Crippen LogP contribution in [0.1, 0.15) is 42.4 Å². The quantitative estimate of drug-likeness (QED) is 0.808. The van der Waals surface area contributed by atoms with Gasteiger partial charge >= 0.3 is 0 Å². The molecule has 0 aromatic heterocycles. The van der Waals surface area contributed by atoms with Gasteiger partial charge in [0, 0.05) is 23.5 Å². The van der Waals surface area contributed by atoms with Crippen LogP contribution in [0, 0.1) is 6.92 Å². The maximum atomic E-state index is 5.82. The Morgan fingerprint density at radius 2 is 2.15 bits per heavy atom. The number of aliphatic imine (C=N–C) groups is 1. The molecule has 1 aromatic carbocycles. The van der Waals surface area contributed by atoms with Crippen LogP contribution in [0.25, 0.3) is 5.57 Å². The van der Waals surface area contributed by atoms with E-state index in [1.165, 1.54) is 42.4 Å². The Balaban J connectivity index is 1.92. The number of nitrogens with zero attached hydrogens (tertiary/aromatic N) is 1. The van der Waals surface area contributed by atoms with E-state index in [2.05, 4.69) is 35.4 Å². The van der Waals surface area contributed by atoms with Crippen molar-refractivity contribution in [3.05, 3.63) is 41.1 Å². The number of allylic oxidation sites excluding steroid dienone is 1. The van der Waals surface area contributed by atoms with Gasteiger partial charge in [0.25, 0.3) is 0 Å². The molecule has 3 heteroatoms. The lowest BCUT2D eigenvalue weighted by molar-refractivity contribution is 0.585. The second kappa shape index (κ2) is 5.06. The largest absolute Gasteiger partial charge is 0.404 e. The average molecular weight is 269 g/mol. The molecule has 2 aliphatic carbocycles. The summed E-state index contributed by atoms with van der Waals surface area (Å²) in [7, 11) is 2.04. The Hall–Kier alpha value is -1.61. The number of benzene rings is 1. The first-order valence-corrected chi connectivity index (χ1v) is 7.44. The first-order valence-electron chi connectivity index (χ1n) is 7.44. The van der Waals surface area contributed by atoms with Gasteiger partial charge in [0.05, 0.1) is 6.04 Å². The second-order valence-electron chi connectivity index (χ2n) is 5.99. The van der Waals surface area contributed by atoms with Crippen molar-refractivity contribution in [3.8, 4) is 0 Å². The molecule has 0 heterocycles. The highest BCUT2D eigenvalue weighted by Crippen LogP contribution is 2.45. The molecule has 1 aromatic rings. The standard InChI is InChI=1S/C17H23N3/c1-12-3-4-14(17(19-2)7-8-17)9-16(12)13(10-18)11-20-15-5-6-15/h3-4,9-11,15,19H,5-8,18H2,1-2H3/b13-10+,20-11?. The van der Waals surface area contributed by atoms with E-state index in [-0.39, 0.29) is 5.54 Å². The van der Waals surface area contributed by atoms with E-state index in [0.29, 0.717) is 6.04 Å². The minimum absolute atomic E-state index is 0.190. The van der Waals surface area contributed by atoms with E-state index in [1.807, 2.05) is 13.3 Å². The summed E-state index contributed by atoms with van der Waals surface area (Å²) in [5.41, 5.74) is 10.9. The summed E-state index contributed by atoms with van der Waals surface area (Å²) in [5.74, 6) is 0. The summed E-state index contributed by atoms with van der Waals surface area (Å²) in [6.45, 7) is 2.13. The molecule has 106 valence electrons. The highest BCUT2D eigenvalue weighted by Gasteiger charge is 2.42. The number of rotatable bonds is 5. The Morgan fingerprint density at radius 3 is 2.70 bits per heavy atom. The summed E-state index contributed by atoms with van der Waals surface area (Å²) in [5, 5.41) is 3.45. The normalized spacial score (nSPS) is 21.4. The first-order chi connectivity index (χ1) is 9.68. The molecule has 0 atom stereocenters. The number of aryl methyl sites for hydroxylation is 1. The minimum Gasteiger partial charge on any atom is -0.404 e.